The topological polar surface area (TPSA) is 47.5 Å². The van der Waals surface area contributed by atoms with Crippen LogP contribution in [0.15, 0.2) is 262 Å². The van der Waals surface area contributed by atoms with Gasteiger partial charge in [0, 0.05) is 80.5 Å². The molecule has 6 heteroatoms. The zero-order valence-electron chi connectivity index (χ0n) is 47.8. The number of rotatable bonds is 18. The molecule has 0 spiro atoms. The van der Waals surface area contributed by atoms with Crippen LogP contribution in [0.1, 0.15) is 64.2 Å². The van der Waals surface area contributed by atoms with Gasteiger partial charge in [-0.25, -0.2) is 9.97 Å². The van der Waals surface area contributed by atoms with Crippen LogP contribution in [0.25, 0.3) is 39.6 Å². The number of allylic oxidation sites excluding steroid dienone is 6. The van der Waals surface area contributed by atoms with Crippen LogP contribution in [0.3, 0.4) is 0 Å². The standard InChI is InChI=1S/C68H62N6.C5H6.C2H6/c1-7-19-51-23-13-15-28-63(51)69-55-35-41-60(42-36-55)73(56-25-11-10-12-26-56)58-37-33-54(34-38-58)68-67(70-64-29-18-22-49(5)66(64)71-68)53-31-39-59(40-32-53)74(62-27-17-21-48(4)47-62)61-45-43-57(44-46-61)72(50(6)9-3)65-30-16-14-24-52(65)20-8-2;1-3-5-4-2;1-2/h7-19,22-48,50,69H,2-3,20-21H2,1,4-6H3;1,4H,2,5H2;1-2H3/b19-7+;;. The highest BCUT2D eigenvalue weighted by Crippen LogP contribution is 2.41. The molecule has 9 aromatic rings. The first-order valence-electron chi connectivity index (χ1n) is 28.1. The lowest BCUT2D eigenvalue weighted by molar-refractivity contribution is 0.726. The highest BCUT2D eigenvalue weighted by atomic mass is 15.2. The number of aryl methyl sites for hydroxylation is 1. The van der Waals surface area contributed by atoms with E-state index in [2.05, 4.69) is 291 Å². The third-order valence-corrected chi connectivity index (χ3v) is 13.9. The van der Waals surface area contributed by atoms with E-state index in [0.29, 0.717) is 12.3 Å². The van der Waals surface area contributed by atoms with Gasteiger partial charge in [0.2, 0.25) is 0 Å². The van der Waals surface area contributed by atoms with E-state index in [1.54, 1.807) is 6.08 Å². The van der Waals surface area contributed by atoms with Crippen molar-refractivity contribution >= 4 is 68.3 Å². The Labute approximate surface area is 482 Å². The molecule has 1 aromatic heterocycles. The molecular weight excluding hydrogens is 985 g/mol. The van der Waals surface area contributed by atoms with E-state index < -0.39 is 0 Å². The van der Waals surface area contributed by atoms with Crippen LogP contribution in [-0.2, 0) is 6.42 Å². The lowest BCUT2D eigenvalue weighted by Gasteiger charge is -2.33. The minimum atomic E-state index is 0.0680. The van der Waals surface area contributed by atoms with Crippen molar-refractivity contribution in [2.75, 3.05) is 20.0 Å². The molecule has 0 radical (unpaired) electrons. The van der Waals surface area contributed by atoms with Crippen LogP contribution in [0.5, 0.6) is 0 Å². The zero-order valence-corrected chi connectivity index (χ0v) is 47.8. The van der Waals surface area contributed by atoms with E-state index in [-0.39, 0.29) is 6.04 Å². The molecule has 6 nitrogen and oxygen atoms in total. The summed E-state index contributed by atoms with van der Waals surface area (Å²) in [5.74, 6) is 2.81. The Balaban J connectivity index is 0.00000117. The third-order valence-electron chi connectivity index (χ3n) is 13.9. The highest BCUT2D eigenvalue weighted by molar-refractivity contribution is 5.89. The monoisotopic (exact) mass is 1060 g/mol. The first kappa shape index (κ1) is 57.5. The predicted molar refractivity (Wildman–Crippen MR) is 351 cm³/mol. The van der Waals surface area contributed by atoms with Gasteiger partial charge < -0.3 is 20.0 Å². The maximum absolute atomic E-state index is 5.41. The fraction of sp³-hybridized carbons (Fsp3) is 0.147. The average molecular weight is 1060 g/mol. The Morgan fingerprint density at radius 3 is 1.81 bits per heavy atom. The molecule has 0 amide bonds. The number of nitrogens with one attached hydrogen (secondary N) is 1. The van der Waals surface area contributed by atoms with Gasteiger partial charge in [0.15, 0.2) is 0 Å². The number of fused-ring (bicyclic) bond motifs is 1. The van der Waals surface area contributed by atoms with Gasteiger partial charge in [-0.05, 0) is 165 Å². The SMILES string of the molecule is C#CCC=C.C=CCc1ccccc1N(c1ccc(N(C2=CC(C)CC=C2)c2ccc(-c3nc4cccc(C)c4nc3-c3ccc(N(c4ccccc4)c4ccc(Nc5ccccc5/C=C/C)cc4)cc3)cc2)cc1)C(C)C=C.CC. The molecule has 404 valence electrons. The fourth-order valence-electron chi connectivity index (χ4n) is 10.00. The Hall–Kier alpha value is -9.70. The van der Waals surface area contributed by atoms with E-state index in [9.17, 15) is 0 Å². The van der Waals surface area contributed by atoms with Crippen molar-refractivity contribution in [3.05, 3.63) is 279 Å². The molecule has 81 heavy (non-hydrogen) atoms. The molecule has 0 aliphatic heterocycles. The van der Waals surface area contributed by atoms with E-state index in [4.69, 9.17) is 16.4 Å². The molecule has 2 unspecified atom stereocenters. The van der Waals surface area contributed by atoms with Gasteiger partial charge in [-0.1, -0.05) is 154 Å². The van der Waals surface area contributed by atoms with Gasteiger partial charge in [0.25, 0.3) is 0 Å². The van der Waals surface area contributed by atoms with Crippen molar-refractivity contribution < 1.29 is 0 Å². The normalized spacial score (nSPS) is 12.8. The van der Waals surface area contributed by atoms with Crippen LogP contribution in [0.4, 0.5) is 51.2 Å². The van der Waals surface area contributed by atoms with Crippen molar-refractivity contribution in [1.82, 2.24) is 9.97 Å². The van der Waals surface area contributed by atoms with Crippen LogP contribution in [0, 0.1) is 25.2 Å². The molecule has 1 aliphatic rings. The largest absolute Gasteiger partial charge is 0.355 e. The van der Waals surface area contributed by atoms with Crippen LogP contribution in [0.2, 0.25) is 0 Å². The van der Waals surface area contributed by atoms with Gasteiger partial charge in [-0.3, -0.25) is 0 Å². The number of para-hydroxylation sites is 4. The number of nitrogens with zero attached hydrogens (tertiary/aromatic N) is 5. The molecule has 8 aromatic carbocycles. The minimum Gasteiger partial charge on any atom is -0.355 e. The summed E-state index contributed by atoms with van der Waals surface area (Å²) in [5, 5.41) is 3.62. The quantitative estimate of drug-likeness (QED) is 0.0683. The van der Waals surface area contributed by atoms with E-state index in [1.807, 2.05) is 32.9 Å². The molecule has 0 saturated heterocycles. The molecule has 1 aliphatic carbocycles. The lowest BCUT2D eigenvalue weighted by Crippen LogP contribution is -2.27. The zero-order chi connectivity index (χ0) is 57.1. The van der Waals surface area contributed by atoms with Crippen molar-refractivity contribution in [3.8, 4) is 34.9 Å². The van der Waals surface area contributed by atoms with Gasteiger partial charge in [0.1, 0.15) is 0 Å². The molecule has 0 fully saturated rings. The first-order valence-corrected chi connectivity index (χ1v) is 28.1. The number of hydrogen-bond acceptors (Lipinski definition) is 6. The fourth-order valence-corrected chi connectivity index (χ4v) is 10.00. The second-order valence-electron chi connectivity index (χ2n) is 19.6. The molecule has 10 rings (SSSR count). The molecule has 2 atom stereocenters. The van der Waals surface area contributed by atoms with Crippen molar-refractivity contribution in [2.45, 2.75) is 66.8 Å². The van der Waals surface area contributed by atoms with Crippen molar-refractivity contribution in [2.24, 2.45) is 5.92 Å². The number of hydrogen-bond donors (Lipinski definition) is 1. The van der Waals surface area contributed by atoms with E-state index >= 15 is 0 Å². The Bertz CT molecular complexity index is 3680. The molecule has 1 heterocycles. The summed E-state index contributed by atoms with van der Waals surface area (Å²) in [6.45, 7) is 24.2. The number of terminal acetylenes is 1. The van der Waals surface area contributed by atoms with Crippen molar-refractivity contribution in [1.29, 1.82) is 0 Å². The second-order valence-corrected chi connectivity index (χ2v) is 19.6. The summed E-state index contributed by atoms with van der Waals surface area (Å²) in [7, 11) is 0. The smallest absolute Gasteiger partial charge is 0.0973 e. The Kier molecular flexibility index (Phi) is 20.1. The van der Waals surface area contributed by atoms with Gasteiger partial charge >= 0.3 is 0 Å². The van der Waals surface area contributed by atoms with Crippen LogP contribution >= 0.6 is 0 Å². The molecule has 0 saturated carbocycles. The van der Waals surface area contributed by atoms with Crippen LogP contribution < -0.4 is 20.0 Å². The summed E-state index contributed by atoms with van der Waals surface area (Å²) in [4.78, 5) is 17.8. The predicted octanol–water partition coefficient (Wildman–Crippen LogP) is 20.8. The second kappa shape index (κ2) is 28.3. The van der Waals surface area contributed by atoms with Gasteiger partial charge in [-0.15, -0.1) is 32.1 Å². The third kappa shape index (κ3) is 13.8. The summed E-state index contributed by atoms with van der Waals surface area (Å²) in [6, 6.07) is 68.8. The molecule has 1 N–H and O–H groups in total. The number of anilines is 9. The Morgan fingerprint density at radius 1 is 0.642 bits per heavy atom. The Morgan fingerprint density at radius 2 is 1.21 bits per heavy atom. The lowest BCUT2D eigenvalue weighted by atomic mass is 9.99. The van der Waals surface area contributed by atoms with E-state index in [1.165, 1.54) is 5.56 Å². The average Bonchev–Trinajstić information content (AvgIpc) is 3.57. The van der Waals surface area contributed by atoms with Gasteiger partial charge in [-0.2, -0.15) is 0 Å². The number of aromatic nitrogens is 2. The van der Waals surface area contributed by atoms with Crippen LogP contribution in [-0.4, -0.2) is 16.0 Å². The van der Waals surface area contributed by atoms with Gasteiger partial charge in [0.05, 0.1) is 22.4 Å². The summed E-state index contributed by atoms with van der Waals surface area (Å²) < 4.78 is 0. The number of benzene rings is 8. The minimum absolute atomic E-state index is 0.0680. The molecular formula is C75H74N6. The summed E-state index contributed by atoms with van der Waals surface area (Å²) in [6.07, 6.45) is 24.0. The summed E-state index contributed by atoms with van der Waals surface area (Å²) in [5.41, 5.74) is 19.6. The van der Waals surface area contributed by atoms with Crippen molar-refractivity contribution in [3.63, 3.8) is 0 Å². The summed E-state index contributed by atoms with van der Waals surface area (Å²) >= 11 is 0. The van der Waals surface area contributed by atoms with E-state index in [0.717, 1.165) is 114 Å². The maximum Gasteiger partial charge on any atom is 0.0973 e. The highest BCUT2D eigenvalue weighted by Gasteiger charge is 2.22. The first-order chi connectivity index (χ1) is 39.7. The maximum atomic E-state index is 5.41. The molecule has 0 bridgehead atoms.